The molecular weight excluding hydrogens is 230 g/mol. The predicted octanol–water partition coefficient (Wildman–Crippen LogP) is 0.888. The van der Waals surface area contributed by atoms with Crippen LogP contribution in [0, 0.1) is 0 Å². The van der Waals surface area contributed by atoms with E-state index in [4.69, 9.17) is 5.73 Å². The number of hydrogen-bond acceptors (Lipinski definition) is 3. The van der Waals surface area contributed by atoms with Gasteiger partial charge in [-0.2, -0.15) is 0 Å². The van der Waals surface area contributed by atoms with Crippen LogP contribution in [0.3, 0.4) is 0 Å². The Morgan fingerprint density at radius 1 is 1.39 bits per heavy atom. The van der Waals surface area contributed by atoms with Gasteiger partial charge in [-0.25, -0.2) is 0 Å². The van der Waals surface area contributed by atoms with Gasteiger partial charge >= 0.3 is 0 Å². The van der Waals surface area contributed by atoms with Crippen LogP contribution in [-0.2, 0) is 4.79 Å². The van der Waals surface area contributed by atoms with Crippen molar-refractivity contribution in [1.82, 2.24) is 5.32 Å². The molecule has 2 amide bonds. The molecule has 0 saturated carbocycles. The Hall–Kier alpha value is -2.14. The maximum atomic E-state index is 11.6. The zero-order valence-electron chi connectivity index (χ0n) is 10.3. The monoisotopic (exact) mass is 247 g/mol. The molecule has 5 heteroatoms. The number of carbonyl (C=O) groups excluding carboxylic acids is 2. The lowest BCUT2D eigenvalue weighted by molar-refractivity contribution is -0.117. The molecule has 0 aliphatic rings. The summed E-state index contributed by atoms with van der Waals surface area (Å²) in [5, 5.41) is 5.30. The lowest BCUT2D eigenvalue weighted by Crippen LogP contribution is -2.32. The number of amides is 2. The smallest absolute Gasteiger partial charge is 0.251 e. The van der Waals surface area contributed by atoms with E-state index in [1.807, 2.05) is 0 Å². The SMILES string of the molecule is C=CCNC(=O)c1ccc(NC(=O)C(C)N)cc1. The van der Waals surface area contributed by atoms with Gasteiger partial charge in [0.1, 0.15) is 0 Å². The molecule has 1 aromatic carbocycles. The Morgan fingerprint density at radius 2 is 2.00 bits per heavy atom. The Bertz CT molecular complexity index is 438. The highest BCUT2D eigenvalue weighted by Gasteiger charge is 2.08. The number of anilines is 1. The summed E-state index contributed by atoms with van der Waals surface area (Å²) in [6.07, 6.45) is 1.61. The van der Waals surface area contributed by atoms with Crippen LogP contribution in [0.1, 0.15) is 17.3 Å². The Balaban J connectivity index is 2.65. The number of rotatable bonds is 5. The molecule has 1 atom stereocenters. The third kappa shape index (κ3) is 4.03. The molecule has 0 saturated heterocycles. The highest BCUT2D eigenvalue weighted by atomic mass is 16.2. The summed E-state index contributed by atoms with van der Waals surface area (Å²) in [5.41, 5.74) is 6.56. The van der Waals surface area contributed by atoms with Crippen molar-refractivity contribution in [3.63, 3.8) is 0 Å². The summed E-state index contributed by atoms with van der Waals surface area (Å²) in [6, 6.07) is 6.01. The van der Waals surface area contributed by atoms with E-state index in [-0.39, 0.29) is 11.8 Å². The molecule has 1 unspecified atom stereocenters. The average molecular weight is 247 g/mol. The third-order valence-electron chi connectivity index (χ3n) is 2.24. The lowest BCUT2D eigenvalue weighted by atomic mass is 10.2. The van der Waals surface area contributed by atoms with Gasteiger partial charge in [0.05, 0.1) is 6.04 Å². The molecule has 0 heterocycles. The molecule has 1 rings (SSSR count). The molecule has 1 aromatic rings. The second-order valence-electron chi connectivity index (χ2n) is 3.85. The van der Waals surface area contributed by atoms with Crippen molar-refractivity contribution in [2.45, 2.75) is 13.0 Å². The summed E-state index contributed by atoms with van der Waals surface area (Å²) in [5.74, 6) is -0.446. The highest BCUT2D eigenvalue weighted by Crippen LogP contribution is 2.09. The fraction of sp³-hybridized carbons (Fsp3) is 0.231. The lowest BCUT2D eigenvalue weighted by Gasteiger charge is -2.08. The van der Waals surface area contributed by atoms with Crippen LogP contribution in [0.25, 0.3) is 0 Å². The first kappa shape index (κ1) is 13.9. The zero-order valence-corrected chi connectivity index (χ0v) is 10.3. The number of nitrogens with one attached hydrogen (secondary N) is 2. The first-order chi connectivity index (χ1) is 8.54. The first-order valence-electron chi connectivity index (χ1n) is 5.60. The molecule has 18 heavy (non-hydrogen) atoms. The minimum atomic E-state index is -0.569. The van der Waals surface area contributed by atoms with Crippen molar-refractivity contribution in [2.75, 3.05) is 11.9 Å². The van der Waals surface area contributed by atoms with Gasteiger partial charge in [-0.15, -0.1) is 6.58 Å². The van der Waals surface area contributed by atoms with Crippen LogP contribution < -0.4 is 16.4 Å². The van der Waals surface area contributed by atoms with Gasteiger partial charge in [0.15, 0.2) is 0 Å². The van der Waals surface area contributed by atoms with Crippen LogP contribution >= 0.6 is 0 Å². The van der Waals surface area contributed by atoms with E-state index < -0.39 is 6.04 Å². The highest BCUT2D eigenvalue weighted by molar-refractivity contribution is 5.96. The van der Waals surface area contributed by atoms with Crippen LogP contribution in [0.4, 0.5) is 5.69 Å². The average Bonchev–Trinajstić information content (AvgIpc) is 2.36. The second-order valence-corrected chi connectivity index (χ2v) is 3.85. The molecule has 96 valence electrons. The Kier molecular flexibility index (Phi) is 5.07. The van der Waals surface area contributed by atoms with Gasteiger partial charge in [0, 0.05) is 17.8 Å². The molecule has 0 aliphatic heterocycles. The van der Waals surface area contributed by atoms with Crippen LogP contribution in [0.5, 0.6) is 0 Å². The molecule has 0 radical (unpaired) electrons. The molecule has 0 aliphatic carbocycles. The maximum Gasteiger partial charge on any atom is 0.251 e. The summed E-state index contributed by atoms with van der Waals surface area (Å²) < 4.78 is 0. The van der Waals surface area contributed by atoms with E-state index >= 15 is 0 Å². The minimum absolute atomic E-state index is 0.181. The molecule has 5 nitrogen and oxygen atoms in total. The van der Waals surface area contributed by atoms with Crippen molar-refractivity contribution >= 4 is 17.5 Å². The van der Waals surface area contributed by atoms with E-state index in [1.165, 1.54) is 0 Å². The van der Waals surface area contributed by atoms with Crippen LogP contribution in [0.2, 0.25) is 0 Å². The maximum absolute atomic E-state index is 11.6. The zero-order chi connectivity index (χ0) is 13.5. The molecule has 0 fully saturated rings. The van der Waals surface area contributed by atoms with Crippen molar-refractivity contribution in [1.29, 1.82) is 0 Å². The van der Waals surface area contributed by atoms with Gasteiger partial charge in [0.2, 0.25) is 5.91 Å². The number of hydrogen-bond donors (Lipinski definition) is 3. The van der Waals surface area contributed by atoms with E-state index in [1.54, 1.807) is 37.3 Å². The van der Waals surface area contributed by atoms with Crippen molar-refractivity contribution < 1.29 is 9.59 Å². The van der Waals surface area contributed by atoms with Gasteiger partial charge < -0.3 is 16.4 Å². The van der Waals surface area contributed by atoms with E-state index in [9.17, 15) is 9.59 Å². The predicted molar refractivity (Wildman–Crippen MR) is 71.3 cm³/mol. The molecular formula is C13H17N3O2. The summed E-state index contributed by atoms with van der Waals surface area (Å²) in [7, 11) is 0. The number of nitrogens with two attached hydrogens (primary N) is 1. The van der Waals surface area contributed by atoms with Crippen molar-refractivity contribution in [2.24, 2.45) is 5.73 Å². The van der Waals surface area contributed by atoms with Crippen molar-refractivity contribution in [3.8, 4) is 0 Å². The first-order valence-corrected chi connectivity index (χ1v) is 5.60. The van der Waals surface area contributed by atoms with E-state index in [0.717, 1.165) is 0 Å². The minimum Gasteiger partial charge on any atom is -0.349 e. The van der Waals surface area contributed by atoms with Gasteiger partial charge in [0.25, 0.3) is 5.91 Å². The topological polar surface area (TPSA) is 84.2 Å². The fourth-order valence-corrected chi connectivity index (χ4v) is 1.23. The number of carbonyl (C=O) groups is 2. The van der Waals surface area contributed by atoms with Crippen LogP contribution in [-0.4, -0.2) is 24.4 Å². The van der Waals surface area contributed by atoms with Gasteiger partial charge in [-0.05, 0) is 31.2 Å². The number of benzene rings is 1. The quantitative estimate of drug-likeness (QED) is 0.675. The van der Waals surface area contributed by atoms with Gasteiger partial charge in [-0.1, -0.05) is 6.08 Å². The van der Waals surface area contributed by atoms with E-state index in [0.29, 0.717) is 17.8 Å². The largest absolute Gasteiger partial charge is 0.349 e. The standard InChI is InChI=1S/C13H17N3O2/c1-3-8-15-13(18)10-4-6-11(7-5-10)16-12(17)9(2)14/h3-7,9H,1,8,14H2,2H3,(H,15,18)(H,16,17). The molecule has 0 aromatic heterocycles. The van der Waals surface area contributed by atoms with Crippen molar-refractivity contribution in [3.05, 3.63) is 42.5 Å². The Labute approximate surface area is 106 Å². The third-order valence-corrected chi connectivity index (χ3v) is 2.24. The fourth-order valence-electron chi connectivity index (χ4n) is 1.23. The summed E-state index contributed by atoms with van der Waals surface area (Å²) in [4.78, 5) is 22.9. The summed E-state index contributed by atoms with van der Waals surface area (Å²) in [6.45, 7) is 5.54. The molecule has 4 N–H and O–H groups in total. The van der Waals surface area contributed by atoms with Gasteiger partial charge in [-0.3, -0.25) is 9.59 Å². The second kappa shape index (κ2) is 6.56. The molecule has 0 spiro atoms. The normalized spacial score (nSPS) is 11.4. The van der Waals surface area contributed by atoms with Crippen LogP contribution in [0.15, 0.2) is 36.9 Å². The molecule has 0 bridgehead atoms. The Morgan fingerprint density at radius 3 is 2.50 bits per heavy atom. The summed E-state index contributed by atoms with van der Waals surface area (Å²) >= 11 is 0. The van der Waals surface area contributed by atoms with E-state index in [2.05, 4.69) is 17.2 Å².